The first kappa shape index (κ1) is 37.8. The van der Waals surface area contributed by atoms with Gasteiger partial charge < -0.3 is 14.7 Å². The van der Waals surface area contributed by atoms with Gasteiger partial charge in [0, 0.05) is 31.7 Å². The number of nitrogens with one attached hydrogen (secondary N) is 1. The molecule has 8 heteroatoms. The van der Waals surface area contributed by atoms with Crippen LogP contribution in [0.3, 0.4) is 0 Å². The second-order valence-electron chi connectivity index (χ2n) is 12.2. The van der Waals surface area contributed by atoms with Crippen LogP contribution in [-0.2, 0) is 19.2 Å². The second-order valence-corrected chi connectivity index (χ2v) is 13.8. The number of Topliss-reactive ketones (excluding diaryl/α,β-unsaturated/α-hetero) is 1. The van der Waals surface area contributed by atoms with Crippen LogP contribution in [0.2, 0.25) is 0 Å². The molecule has 39 heavy (non-hydrogen) atoms. The summed E-state index contributed by atoms with van der Waals surface area (Å²) in [5.41, 5.74) is -1.02. The SMILES string of the molecule is CCCCCCCCCCCCCCCCC(=O)CC(CC(=O)P(O)C(=O)CC[N+](C)(C)C)NC(=O)CCC. The van der Waals surface area contributed by atoms with E-state index in [1.54, 1.807) is 0 Å². The summed E-state index contributed by atoms with van der Waals surface area (Å²) in [7, 11) is 3.40. The van der Waals surface area contributed by atoms with E-state index in [1.807, 2.05) is 28.1 Å². The van der Waals surface area contributed by atoms with Crippen LogP contribution in [0.1, 0.15) is 142 Å². The second kappa shape index (κ2) is 23.5. The van der Waals surface area contributed by atoms with Crippen molar-refractivity contribution < 1.29 is 28.6 Å². The van der Waals surface area contributed by atoms with Crippen LogP contribution >= 0.6 is 8.15 Å². The average molecular weight is 572 g/mol. The molecule has 0 heterocycles. The van der Waals surface area contributed by atoms with Crippen molar-refractivity contribution in [3.63, 3.8) is 0 Å². The zero-order chi connectivity index (χ0) is 29.5. The maximum Gasteiger partial charge on any atom is 0.220 e. The number of carbonyl (C=O) groups is 4. The quantitative estimate of drug-likeness (QED) is 0.0626. The fourth-order valence-electron chi connectivity index (χ4n) is 4.57. The van der Waals surface area contributed by atoms with Gasteiger partial charge in [-0.15, -0.1) is 0 Å². The first-order chi connectivity index (χ1) is 18.5. The van der Waals surface area contributed by atoms with E-state index in [9.17, 15) is 24.1 Å². The van der Waals surface area contributed by atoms with Crippen LogP contribution in [0, 0.1) is 0 Å². The zero-order valence-corrected chi connectivity index (χ0v) is 26.8. The number of nitrogens with zero attached hydrogens (tertiary/aromatic N) is 1. The van der Waals surface area contributed by atoms with Crippen molar-refractivity contribution in [2.45, 2.75) is 148 Å². The standard InChI is InChI=1S/C31H59N2O5P/c1-6-8-9-10-11-12-13-14-15-16-17-18-19-20-22-28(34)25-27(32-29(35)21-7-2)26-31(37)39(38)30(36)23-24-33(3,4)5/h27,38H,6-26H2,1-5H3/p+1. The van der Waals surface area contributed by atoms with Gasteiger partial charge in [0.15, 0.2) is 19.2 Å². The predicted molar refractivity (Wildman–Crippen MR) is 163 cm³/mol. The minimum Gasteiger partial charge on any atom is -0.360 e. The van der Waals surface area contributed by atoms with E-state index in [0.29, 0.717) is 30.3 Å². The van der Waals surface area contributed by atoms with Crippen LogP contribution < -0.4 is 5.32 Å². The number of rotatable bonds is 27. The van der Waals surface area contributed by atoms with Gasteiger partial charge in [0.1, 0.15) is 5.78 Å². The smallest absolute Gasteiger partial charge is 0.220 e. The third-order valence-corrected chi connectivity index (χ3v) is 8.37. The lowest BCUT2D eigenvalue weighted by molar-refractivity contribution is -0.869. The Bertz CT molecular complexity index is 693. The Morgan fingerprint density at radius 2 is 1.13 bits per heavy atom. The molecule has 0 aromatic rings. The first-order valence-corrected chi connectivity index (χ1v) is 17.0. The van der Waals surface area contributed by atoms with Gasteiger partial charge in [-0.3, -0.25) is 19.2 Å². The molecule has 0 spiro atoms. The minimum atomic E-state index is -2.43. The molecule has 0 saturated heterocycles. The molecule has 0 bridgehead atoms. The van der Waals surface area contributed by atoms with E-state index < -0.39 is 25.2 Å². The van der Waals surface area contributed by atoms with E-state index >= 15 is 0 Å². The van der Waals surface area contributed by atoms with Crippen molar-refractivity contribution in [1.29, 1.82) is 0 Å². The molecule has 0 radical (unpaired) electrons. The van der Waals surface area contributed by atoms with Gasteiger partial charge in [-0.1, -0.05) is 97.3 Å². The highest BCUT2D eigenvalue weighted by Gasteiger charge is 2.29. The zero-order valence-electron chi connectivity index (χ0n) is 25.9. The van der Waals surface area contributed by atoms with Gasteiger partial charge in [-0.2, -0.15) is 0 Å². The molecule has 228 valence electrons. The molecule has 0 aliphatic rings. The van der Waals surface area contributed by atoms with E-state index in [0.717, 1.165) is 19.3 Å². The third kappa shape index (κ3) is 23.3. The highest BCUT2D eigenvalue weighted by atomic mass is 31.1. The van der Waals surface area contributed by atoms with Crippen molar-refractivity contribution in [2.75, 3.05) is 27.7 Å². The summed E-state index contributed by atoms with van der Waals surface area (Å²) >= 11 is 0. The van der Waals surface area contributed by atoms with E-state index in [4.69, 9.17) is 0 Å². The Morgan fingerprint density at radius 1 is 0.641 bits per heavy atom. The Balaban J connectivity index is 4.29. The molecular formula is C31H60N2O5P+. The van der Waals surface area contributed by atoms with Gasteiger partial charge >= 0.3 is 0 Å². The van der Waals surface area contributed by atoms with Crippen molar-refractivity contribution in [3.8, 4) is 0 Å². The molecule has 0 aliphatic carbocycles. The maximum atomic E-state index is 12.6. The summed E-state index contributed by atoms with van der Waals surface area (Å²) in [4.78, 5) is 60.0. The molecule has 2 N–H and O–H groups in total. The summed E-state index contributed by atoms with van der Waals surface area (Å²) in [5.74, 6) is -0.194. The highest BCUT2D eigenvalue weighted by Crippen LogP contribution is 2.36. The van der Waals surface area contributed by atoms with E-state index in [2.05, 4.69) is 12.2 Å². The van der Waals surface area contributed by atoms with Crippen LogP contribution in [0.15, 0.2) is 0 Å². The van der Waals surface area contributed by atoms with Crippen molar-refractivity contribution >= 4 is 30.9 Å². The summed E-state index contributed by atoms with van der Waals surface area (Å²) in [6.07, 6.45) is 19.0. The normalized spacial score (nSPS) is 13.2. The van der Waals surface area contributed by atoms with Crippen LogP contribution in [0.5, 0.6) is 0 Å². The number of unbranched alkanes of at least 4 members (excludes halogenated alkanes) is 13. The van der Waals surface area contributed by atoms with Crippen LogP contribution in [-0.4, -0.2) is 65.8 Å². The number of hydrogen-bond acceptors (Lipinski definition) is 5. The molecule has 0 rings (SSSR count). The van der Waals surface area contributed by atoms with Crippen molar-refractivity contribution in [3.05, 3.63) is 0 Å². The molecular weight excluding hydrogens is 511 g/mol. The van der Waals surface area contributed by atoms with E-state index in [-0.39, 0.29) is 31.0 Å². The number of ketones is 1. The Morgan fingerprint density at radius 3 is 1.59 bits per heavy atom. The molecule has 0 saturated carbocycles. The molecule has 0 aromatic carbocycles. The molecule has 2 atom stereocenters. The minimum absolute atomic E-state index is 0.0159. The van der Waals surface area contributed by atoms with Crippen molar-refractivity contribution in [1.82, 2.24) is 5.32 Å². The molecule has 0 fully saturated rings. The van der Waals surface area contributed by atoms with Crippen LogP contribution in [0.25, 0.3) is 0 Å². The Kier molecular flexibility index (Phi) is 22.8. The lowest BCUT2D eigenvalue weighted by atomic mass is 10.0. The summed E-state index contributed by atoms with van der Waals surface area (Å²) in [6, 6.07) is -0.668. The fourth-order valence-corrected chi connectivity index (χ4v) is 5.55. The third-order valence-electron chi connectivity index (χ3n) is 7.02. The number of quaternary nitrogens is 1. The number of hydrogen-bond donors (Lipinski definition) is 2. The molecule has 7 nitrogen and oxygen atoms in total. The predicted octanol–water partition coefficient (Wildman–Crippen LogP) is 7.03. The molecule has 0 aliphatic heterocycles. The van der Waals surface area contributed by atoms with Gasteiger partial charge in [0.2, 0.25) is 5.91 Å². The first-order valence-electron chi connectivity index (χ1n) is 15.7. The van der Waals surface area contributed by atoms with Gasteiger partial charge in [0.25, 0.3) is 0 Å². The summed E-state index contributed by atoms with van der Waals surface area (Å²) < 4.78 is 0.562. The van der Waals surface area contributed by atoms with Gasteiger partial charge in [0.05, 0.1) is 34.1 Å². The fraction of sp³-hybridized carbons (Fsp3) is 0.871. The average Bonchev–Trinajstić information content (AvgIpc) is 2.86. The maximum absolute atomic E-state index is 12.6. The summed E-state index contributed by atoms with van der Waals surface area (Å²) in [6.45, 7) is 4.67. The van der Waals surface area contributed by atoms with E-state index in [1.165, 1.54) is 70.6 Å². The van der Waals surface area contributed by atoms with Gasteiger partial charge in [-0.05, 0) is 12.8 Å². The lowest BCUT2D eigenvalue weighted by Gasteiger charge is -2.24. The molecule has 1 amide bonds. The van der Waals surface area contributed by atoms with Crippen molar-refractivity contribution in [2.24, 2.45) is 0 Å². The summed E-state index contributed by atoms with van der Waals surface area (Å²) in [5, 5.41) is 2.79. The largest absolute Gasteiger partial charge is 0.360 e. The molecule has 0 aromatic heterocycles. The monoisotopic (exact) mass is 571 g/mol. The highest BCUT2D eigenvalue weighted by molar-refractivity contribution is 7.84. The molecule has 2 unspecified atom stereocenters. The van der Waals surface area contributed by atoms with Gasteiger partial charge in [-0.25, -0.2) is 0 Å². The topological polar surface area (TPSA) is 101 Å². The Labute approximate surface area is 240 Å². The van der Waals surface area contributed by atoms with Crippen LogP contribution in [0.4, 0.5) is 0 Å². The lowest BCUT2D eigenvalue weighted by Crippen LogP contribution is -2.38. The Hall–Kier alpha value is -1.17. The number of amides is 1. The number of carbonyl (C=O) groups excluding carboxylic acids is 4.